The lowest BCUT2D eigenvalue weighted by Crippen LogP contribution is -2.71. The molecular weight excluding hydrogens is 743 g/mol. The number of hydrogen-bond acceptors (Lipinski definition) is 19. The number of nitrogens with two attached hydrogens (primary N) is 1. The predicted molar refractivity (Wildman–Crippen MR) is 188 cm³/mol. The fraction of sp³-hybridized carbons (Fsp3) is 0.552. The van der Waals surface area contributed by atoms with Crippen molar-refractivity contribution >= 4 is 75.7 Å². The fourth-order valence-electron chi connectivity index (χ4n) is 4.25. The molecule has 2 aliphatic heterocycles. The van der Waals surface area contributed by atoms with Gasteiger partial charge in [-0.3, -0.25) is 19.3 Å². The van der Waals surface area contributed by atoms with Crippen LogP contribution < -0.4 is 16.4 Å². The first kappa shape index (κ1) is 40.0. The highest BCUT2D eigenvalue weighted by atomic mass is 32.2. The molecule has 23 heteroatoms. The van der Waals surface area contributed by atoms with Gasteiger partial charge < -0.3 is 35.4 Å². The van der Waals surface area contributed by atoms with E-state index in [0.29, 0.717) is 10.7 Å². The molecule has 0 aromatic carbocycles. The Morgan fingerprint density at radius 2 is 1.92 bits per heavy atom. The van der Waals surface area contributed by atoms with Gasteiger partial charge in [0.15, 0.2) is 5.13 Å². The number of aromatic nitrogens is 6. The molecule has 0 spiro atoms. The monoisotopic (exact) mass is 781 g/mol. The largest absolute Gasteiger partial charge is 0.444 e. The molecule has 4 N–H and O–H groups in total. The summed E-state index contributed by atoms with van der Waals surface area (Å²) in [6, 6.07) is -1.07. The van der Waals surface area contributed by atoms with Gasteiger partial charge in [0, 0.05) is 29.6 Å². The summed E-state index contributed by atoms with van der Waals surface area (Å²) in [5, 5.41) is 20.6. The third kappa shape index (κ3) is 10.4. The van der Waals surface area contributed by atoms with Crippen molar-refractivity contribution in [1.29, 1.82) is 0 Å². The molecular formula is C29H39N11O9S3. The highest BCUT2D eigenvalue weighted by molar-refractivity contribution is 8.01. The van der Waals surface area contributed by atoms with Crippen LogP contribution in [0.2, 0.25) is 0 Å². The van der Waals surface area contributed by atoms with E-state index in [1.165, 1.54) is 39.2 Å². The van der Waals surface area contributed by atoms with Crippen LogP contribution in [-0.2, 0) is 44.8 Å². The van der Waals surface area contributed by atoms with Gasteiger partial charge in [-0.1, -0.05) is 29.6 Å². The molecule has 282 valence electrons. The number of nitrogen functional groups attached to an aromatic ring is 1. The molecule has 3 amide bonds. The van der Waals surface area contributed by atoms with Gasteiger partial charge >= 0.3 is 18.0 Å². The van der Waals surface area contributed by atoms with Crippen LogP contribution in [0.3, 0.4) is 0 Å². The number of amides is 3. The summed E-state index contributed by atoms with van der Waals surface area (Å²) < 4.78 is 21.2. The number of anilines is 1. The van der Waals surface area contributed by atoms with Gasteiger partial charge in [0.2, 0.25) is 23.5 Å². The van der Waals surface area contributed by atoms with Gasteiger partial charge in [-0.15, -0.1) is 16.9 Å². The summed E-state index contributed by atoms with van der Waals surface area (Å²) in [5.41, 5.74) is 4.31. The molecule has 2 aliphatic rings. The van der Waals surface area contributed by atoms with E-state index in [1.54, 1.807) is 41.5 Å². The molecule has 0 radical (unpaired) electrons. The molecule has 52 heavy (non-hydrogen) atoms. The number of thioether (sulfide) groups is 2. The van der Waals surface area contributed by atoms with Gasteiger partial charge in [-0.05, 0) is 57.5 Å². The number of tetrazole rings is 1. The van der Waals surface area contributed by atoms with Crippen LogP contribution in [-0.4, -0.2) is 118 Å². The molecule has 2 atom stereocenters. The van der Waals surface area contributed by atoms with E-state index >= 15 is 0 Å². The molecule has 1 fully saturated rings. The Labute approximate surface area is 310 Å². The van der Waals surface area contributed by atoms with Crippen molar-refractivity contribution < 1.29 is 43.0 Å². The first-order valence-corrected chi connectivity index (χ1v) is 18.4. The highest BCUT2D eigenvalue weighted by Gasteiger charge is 2.55. The second-order valence-electron chi connectivity index (χ2n) is 12.9. The zero-order chi connectivity index (χ0) is 38.2. The summed E-state index contributed by atoms with van der Waals surface area (Å²) in [7, 11) is 0. The topological polar surface area (TPSA) is 257 Å². The second-order valence-corrected chi connectivity index (χ2v) is 15.8. The van der Waals surface area contributed by atoms with Crippen molar-refractivity contribution in [2.75, 3.05) is 37.2 Å². The van der Waals surface area contributed by atoms with E-state index in [1.807, 2.05) is 0 Å². The summed E-state index contributed by atoms with van der Waals surface area (Å²) in [5.74, 6) is -2.62. The van der Waals surface area contributed by atoms with Gasteiger partial charge in [0.1, 0.15) is 29.3 Å². The van der Waals surface area contributed by atoms with Crippen molar-refractivity contribution in [1.82, 2.24) is 45.1 Å². The van der Waals surface area contributed by atoms with Crippen molar-refractivity contribution in [3.8, 4) is 0 Å². The number of nitrogens with zero attached hydrogens (tertiary/aromatic N) is 8. The predicted octanol–water partition coefficient (Wildman–Crippen LogP) is 1.07. The average molecular weight is 782 g/mol. The summed E-state index contributed by atoms with van der Waals surface area (Å²) in [6.45, 7) is 13.4. The number of fused-ring (bicyclic) bond motifs is 1. The quantitative estimate of drug-likeness (QED) is 0.0334. The Balaban J connectivity index is 1.50. The van der Waals surface area contributed by atoms with E-state index in [4.69, 9.17) is 24.8 Å². The maximum atomic E-state index is 13.6. The van der Waals surface area contributed by atoms with Crippen LogP contribution in [0.25, 0.3) is 0 Å². The SMILES string of the molecule is C=CCON=C(C(=O)NC1C(=O)N2C(C(=O)OCOC(=O)C(C)(C)C)=C(CSc3nnnn3CCNC(=O)OC(C)(C)C)CS[C@H]12)c1nsc(N)n1. The lowest BCUT2D eigenvalue weighted by Gasteiger charge is -2.49. The molecule has 20 nitrogen and oxygen atoms in total. The zero-order valence-corrected chi connectivity index (χ0v) is 31.7. The third-order valence-electron chi connectivity index (χ3n) is 6.60. The van der Waals surface area contributed by atoms with Crippen LogP contribution in [0.4, 0.5) is 9.93 Å². The first-order chi connectivity index (χ1) is 24.5. The fourth-order valence-corrected chi connectivity index (χ4v) is 7.08. The maximum absolute atomic E-state index is 13.6. The zero-order valence-electron chi connectivity index (χ0n) is 29.2. The summed E-state index contributed by atoms with van der Waals surface area (Å²) in [6.07, 6.45) is 0.832. The minimum Gasteiger partial charge on any atom is -0.444 e. The molecule has 2 aromatic heterocycles. The van der Waals surface area contributed by atoms with E-state index < -0.39 is 59.1 Å². The maximum Gasteiger partial charge on any atom is 0.407 e. The van der Waals surface area contributed by atoms with E-state index in [9.17, 15) is 24.0 Å². The third-order valence-corrected chi connectivity index (χ3v) is 9.53. The van der Waals surface area contributed by atoms with Gasteiger partial charge in [-0.25, -0.2) is 14.3 Å². The van der Waals surface area contributed by atoms with Crippen LogP contribution in [0.1, 0.15) is 47.4 Å². The Hall–Kier alpha value is -4.77. The number of ether oxygens (including phenoxy) is 3. The molecule has 0 bridgehead atoms. The van der Waals surface area contributed by atoms with E-state index in [2.05, 4.69) is 47.3 Å². The van der Waals surface area contributed by atoms with E-state index in [-0.39, 0.29) is 53.6 Å². The van der Waals surface area contributed by atoms with Gasteiger partial charge in [0.25, 0.3) is 11.8 Å². The summed E-state index contributed by atoms with van der Waals surface area (Å²) in [4.78, 5) is 75.1. The molecule has 1 saturated heterocycles. The molecule has 4 heterocycles. The molecule has 4 rings (SSSR count). The van der Waals surface area contributed by atoms with Crippen molar-refractivity contribution in [3.05, 3.63) is 29.7 Å². The van der Waals surface area contributed by atoms with Crippen LogP contribution >= 0.6 is 35.1 Å². The number of carbonyl (C=O) groups is 5. The van der Waals surface area contributed by atoms with Crippen LogP contribution in [0.15, 0.2) is 34.2 Å². The second kappa shape index (κ2) is 17.2. The Morgan fingerprint density at radius 1 is 1.17 bits per heavy atom. The number of alkyl carbamates (subject to hydrolysis) is 1. The van der Waals surface area contributed by atoms with E-state index in [0.717, 1.165) is 11.5 Å². The number of esters is 2. The normalized spacial score (nSPS) is 17.5. The number of hydrogen-bond donors (Lipinski definition) is 3. The minimum absolute atomic E-state index is 0.0114. The molecule has 0 saturated carbocycles. The van der Waals surface area contributed by atoms with Crippen LogP contribution in [0, 0.1) is 5.41 Å². The lowest BCUT2D eigenvalue weighted by molar-refractivity contribution is -0.173. The smallest absolute Gasteiger partial charge is 0.407 e. The number of nitrogens with one attached hydrogen (secondary N) is 2. The van der Waals surface area contributed by atoms with Crippen LogP contribution in [0.5, 0.6) is 0 Å². The number of oxime groups is 1. The van der Waals surface area contributed by atoms with Crippen molar-refractivity contribution in [2.24, 2.45) is 10.6 Å². The minimum atomic E-state index is -1.07. The first-order valence-electron chi connectivity index (χ1n) is 15.6. The van der Waals surface area contributed by atoms with Gasteiger partial charge in [-0.2, -0.15) is 9.36 Å². The Morgan fingerprint density at radius 3 is 2.58 bits per heavy atom. The number of rotatable bonds is 15. The standard InChI is InChI=1S/C29H39N11O9S3/c1-8-11-48-35-16(19-33-25(30)52-36-19)20(41)32-17-21(42)40-18(23(43)46-14-47-24(44)28(2,3)4)15(12-50-22(17)40)13-51-26-34-37-38-39(26)10-9-31-27(45)49-29(5,6)7/h8,17,22H,1,9-14H2,2-7H3,(H,31,45)(H,32,41)(H2,30,33,36)/t17?,22-/m1/s1. The summed E-state index contributed by atoms with van der Waals surface area (Å²) >= 11 is 3.33. The number of β-lactam (4-membered cyclic amide) rings is 1. The van der Waals surface area contributed by atoms with Gasteiger partial charge in [0.05, 0.1) is 12.0 Å². The average Bonchev–Trinajstić information content (AvgIpc) is 3.70. The number of carbonyl (C=O) groups excluding carboxylic acids is 5. The Kier molecular flexibility index (Phi) is 13.2. The van der Waals surface area contributed by atoms with Crippen molar-refractivity contribution in [2.45, 2.75) is 70.3 Å². The molecule has 2 aromatic rings. The Bertz CT molecular complexity index is 1750. The molecule has 1 unspecified atom stereocenters. The highest BCUT2D eigenvalue weighted by Crippen LogP contribution is 2.42. The lowest BCUT2D eigenvalue weighted by atomic mass is 9.98. The van der Waals surface area contributed by atoms with Crippen molar-refractivity contribution in [3.63, 3.8) is 0 Å². The molecule has 0 aliphatic carbocycles.